The van der Waals surface area contributed by atoms with Crippen molar-refractivity contribution in [3.63, 3.8) is 0 Å². The molecule has 3 rings (SSSR count). The minimum absolute atomic E-state index is 0.00591. The number of methoxy groups -OCH3 is 1. The molecule has 0 radical (unpaired) electrons. The van der Waals surface area contributed by atoms with Crippen LogP contribution in [0.5, 0.6) is 11.5 Å². The van der Waals surface area contributed by atoms with Gasteiger partial charge in [-0.3, -0.25) is 4.98 Å². The van der Waals surface area contributed by atoms with E-state index in [9.17, 15) is 5.11 Å². The molecule has 7 heteroatoms. The van der Waals surface area contributed by atoms with E-state index in [1.54, 1.807) is 24.3 Å². The highest BCUT2D eigenvalue weighted by Gasteiger charge is 2.15. The smallest absolute Gasteiger partial charge is 0.262 e. The van der Waals surface area contributed by atoms with Gasteiger partial charge in [-0.1, -0.05) is 16.8 Å². The summed E-state index contributed by atoms with van der Waals surface area (Å²) in [5, 5.41) is 14.3. The first-order chi connectivity index (χ1) is 10.2. The predicted molar refractivity (Wildman–Crippen MR) is 76.2 cm³/mol. The molecule has 0 saturated carbocycles. The highest BCUT2D eigenvalue weighted by atomic mass is 35.5. The average molecular weight is 304 g/mol. The molecule has 0 amide bonds. The number of aromatic hydroxyl groups is 1. The fourth-order valence-electron chi connectivity index (χ4n) is 1.76. The van der Waals surface area contributed by atoms with E-state index in [4.69, 9.17) is 20.9 Å². The number of benzene rings is 1. The van der Waals surface area contributed by atoms with Crippen molar-refractivity contribution >= 4 is 11.6 Å². The van der Waals surface area contributed by atoms with Crippen molar-refractivity contribution in [3.8, 4) is 34.5 Å². The van der Waals surface area contributed by atoms with Crippen LogP contribution in [0.2, 0.25) is 5.02 Å². The highest BCUT2D eigenvalue weighted by Crippen LogP contribution is 2.32. The molecule has 6 nitrogen and oxygen atoms in total. The summed E-state index contributed by atoms with van der Waals surface area (Å²) in [6.45, 7) is 0. The SMILES string of the molecule is COc1ccc(-c2nc(-c3ccc(Cl)cn3)no2)c(O)c1. The molecule has 2 heterocycles. The summed E-state index contributed by atoms with van der Waals surface area (Å²) in [6, 6.07) is 8.18. The lowest BCUT2D eigenvalue weighted by Gasteiger charge is -2.02. The zero-order chi connectivity index (χ0) is 14.8. The summed E-state index contributed by atoms with van der Waals surface area (Å²) in [6.07, 6.45) is 1.50. The summed E-state index contributed by atoms with van der Waals surface area (Å²) in [5.41, 5.74) is 0.950. The van der Waals surface area contributed by atoms with Crippen molar-refractivity contribution in [3.05, 3.63) is 41.6 Å². The van der Waals surface area contributed by atoms with Crippen LogP contribution in [0.4, 0.5) is 0 Å². The zero-order valence-corrected chi connectivity index (χ0v) is 11.7. The third-order valence-electron chi connectivity index (χ3n) is 2.82. The number of halogens is 1. The molecule has 1 N–H and O–H groups in total. The van der Waals surface area contributed by atoms with Crippen LogP contribution in [-0.4, -0.2) is 27.3 Å². The van der Waals surface area contributed by atoms with Crippen molar-refractivity contribution < 1.29 is 14.4 Å². The van der Waals surface area contributed by atoms with Gasteiger partial charge < -0.3 is 14.4 Å². The Bertz CT molecular complexity index is 771. The van der Waals surface area contributed by atoms with E-state index >= 15 is 0 Å². The Morgan fingerprint density at radius 3 is 2.76 bits per heavy atom. The first kappa shape index (κ1) is 13.4. The minimum Gasteiger partial charge on any atom is -0.507 e. The molecule has 106 valence electrons. The monoisotopic (exact) mass is 303 g/mol. The van der Waals surface area contributed by atoms with Crippen molar-refractivity contribution in [1.82, 2.24) is 15.1 Å². The van der Waals surface area contributed by atoms with Crippen LogP contribution in [0.3, 0.4) is 0 Å². The molecule has 0 aliphatic carbocycles. The van der Waals surface area contributed by atoms with Crippen molar-refractivity contribution in [2.75, 3.05) is 7.11 Å². The number of rotatable bonds is 3. The van der Waals surface area contributed by atoms with Gasteiger partial charge in [0.25, 0.3) is 5.89 Å². The maximum atomic E-state index is 9.95. The molecule has 3 aromatic rings. The fourth-order valence-corrected chi connectivity index (χ4v) is 1.88. The quantitative estimate of drug-likeness (QED) is 0.800. The summed E-state index contributed by atoms with van der Waals surface area (Å²) in [7, 11) is 1.52. The normalized spacial score (nSPS) is 10.6. The molecule has 0 saturated heterocycles. The molecule has 0 atom stereocenters. The van der Waals surface area contributed by atoms with E-state index in [2.05, 4.69) is 15.1 Å². The Morgan fingerprint density at radius 1 is 1.24 bits per heavy atom. The molecule has 1 aromatic carbocycles. The van der Waals surface area contributed by atoms with Gasteiger partial charge in [-0.05, 0) is 24.3 Å². The largest absolute Gasteiger partial charge is 0.507 e. The van der Waals surface area contributed by atoms with E-state index in [-0.39, 0.29) is 11.6 Å². The standard InChI is InChI=1S/C14H10ClN3O3/c1-20-9-3-4-10(12(19)6-9)14-17-13(18-21-14)11-5-2-8(15)7-16-11/h2-7,19H,1H3. The summed E-state index contributed by atoms with van der Waals surface area (Å²) < 4.78 is 10.2. The first-order valence-electron chi connectivity index (χ1n) is 6.00. The van der Waals surface area contributed by atoms with Gasteiger partial charge in [-0.2, -0.15) is 4.98 Å². The molecular weight excluding hydrogens is 294 g/mol. The van der Waals surface area contributed by atoms with Gasteiger partial charge >= 0.3 is 0 Å². The number of phenolic OH excluding ortho intramolecular Hbond substituents is 1. The molecule has 0 spiro atoms. The molecule has 0 aliphatic rings. The summed E-state index contributed by atoms with van der Waals surface area (Å²) in [5.74, 6) is 1.04. The number of pyridine rings is 1. The van der Waals surface area contributed by atoms with Gasteiger partial charge in [-0.25, -0.2) is 0 Å². The number of aromatic nitrogens is 3. The highest BCUT2D eigenvalue weighted by molar-refractivity contribution is 6.30. The fraction of sp³-hybridized carbons (Fsp3) is 0.0714. The van der Waals surface area contributed by atoms with Crippen LogP contribution in [0.25, 0.3) is 23.0 Å². The van der Waals surface area contributed by atoms with Gasteiger partial charge in [0.15, 0.2) is 0 Å². The van der Waals surface area contributed by atoms with Gasteiger partial charge in [0, 0.05) is 12.3 Å². The lowest BCUT2D eigenvalue weighted by molar-refractivity contribution is 0.405. The van der Waals surface area contributed by atoms with Gasteiger partial charge in [0.05, 0.1) is 17.7 Å². The molecule has 0 unspecified atom stereocenters. The Hall–Kier alpha value is -2.60. The Labute approximate surface area is 125 Å². The second kappa shape index (κ2) is 5.41. The van der Waals surface area contributed by atoms with Crippen LogP contribution < -0.4 is 4.74 Å². The number of ether oxygens (including phenoxy) is 1. The van der Waals surface area contributed by atoms with Crippen molar-refractivity contribution in [1.29, 1.82) is 0 Å². The molecule has 21 heavy (non-hydrogen) atoms. The second-order valence-electron chi connectivity index (χ2n) is 4.17. The Kier molecular flexibility index (Phi) is 3.45. The maximum Gasteiger partial charge on any atom is 0.262 e. The molecule has 0 aliphatic heterocycles. The van der Waals surface area contributed by atoms with Gasteiger partial charge in [0.2, 0.25) is 5.82 Å². The summed E-state index contributed by atoms with van der Waals surface area (Å²) >= 11 is 5.78. The molecule has 0 bridgehead atoms. The molecule has 2 aromatic heterocycles. The summed E-state index contributed by atoms with van der Waals surface area (Å²) in [4.78, 5) is 8.32. The van der Waals surface area contributed by atoms with E-state index in [1.807, 2.05) is 0 Å². The number of hydrogen-bond acceptors (Lipinski definition) is 6. The van der Waals surface area contributed by atoms with Crippen molar-refractivity contribution in [2.24, 2.45) is 0 Å². The van der Waals surface area contributed by atoms with Gasteiger partial charge in [0.1, 0.15) is 17.2 Å². The van der Waals surface area contributed by atoms with Crippen LogP contribution in [0, 0.1) is 0 Å². The average Bonchev–Trinajstić information content (AvgIpc) is 2.97. The molecular formula is C14H10ClN3O3. The minimum atomic E-state index is -0.00591. The number of nitrogens with zero attached hydrogens (tertiary/aromatic N) is 3. The van der Waals surface area contributed by atoms with Crippen molar-refractivity contribution in [2.45, 2.75) is 0 Å². The first-order valence-corrected chi connectivity index (χ1v) is 6.38. The third kappa shape index (κ3) is 2.66. The van der Waals surface area contributed by atoms with Crippen LogP contribution in [-0.2, 0) is 0 Å². The maximum absolute atomic E-state index is 9.95. The lowest BCUT2D eigenvalue weighted by atomic mass is 10.2. The number of phenols is 1. The van der Waals surface area contributed by atoms with E-state index < -0.39 is 0 Å². The van der Waals surface area contributed by atoms with Crippen LogP contribution in [0.1, 0.15) is 0 Å². The van der Waals surface area contributed by atoms with Crippen LogP contribution >= 0.6 is 11.6 Å². The lowest BCUT2D eigenvalue weighted by Crippen LogP contribution is -1.86. The third-order valence-corrected chi connectivity index (χ3v) is 3.04. The number of hydrogen-bond donors (Lipinski definition) is 1. The Balaban J connectivity index is 1.96. The van der Waals surface area contributed by atoms with E-state index in [1.165, 1.54) is 19.4 Å². The van der Waals surface area contributed by atoms with Crippen LogP contribution in [0.15, 0.2) is 41.1 Å². The van der Waals surface area contributed by atoms with Gasteiger partial charge in [-0.15, -0.1) is 0 Å². The Morgan fingerprint density at radius 2 is 2.10 bits per heavy atom. The predicted octanol–water partition coefficient (Wildman–Crippen LogP) is 3.17. The van der Waals surface area contributed by atoms with E-state index in [0.717, 1.165) is 0 Å². The zero-order valence-electron chi connectivity index (χ0n) is 10.9. The molecule has 0 fully saturated rings. The van der Waals surface area contributed by atoms with E-state index in [0.29, 0.717) is 27.9 Å². The second-order valence-corrected chi connectivity index (χ2v) is 4.60. The topological polar surface area (TPSA) is 81.3 Å².